The second-order valence-electron chi connectivity index (χ2n) is 10.4. The summed E-state index contributed by atoms with van der Waals surface area (Å²) in [6.07, 6.45) is 5.53. The number of fused-ring (bicyclic) bond motifs is 2. The fraction of sp³-hybridized carbons (Fsp3) is 0.312. The minimum Gasteiger partial charge on any atom is -0.493 e. The summed E-state index contributed by atoms with van der Waals surface area (Å²) in [6, 6.07) is 17.9. The highest BCUT2D eigenvalue weighted by Crippen LogP contribution is 2.37. The lowest BCUT2D eigenvalue weighted by molar-refractivity contribution is -0.128. The van der Waals surface area contributed by atoms with Crippen molar-refractivity contribution in [3.63, 3.8) is 0 Å². The number of H-pyrrole nitrogens is 1. The maximum Gasteiger partial charge on any atom is 0.222 e. The number of rotatable bonds is 12. The molecule has 0 saturated carbocycles. The van der Waals surface area contributed by atoms with Gasteiger partial charge in [0.2, 0.25) is 5.91 Å². The van der Waals surface area contributed by atoms with Crippen molar-refractivity contribution in [2.24, 2.45) is 0 Å². The summed E-state index contributed by atoms with van der Waals surface area (Å²) in [6.45, 7) is 4.77. The zero-order valence-electron chi connectivity index (χ0n) is 23.9. The van der Waals surface area contributed by atoms with Gasteiger partial charge in [-0.15, -0.1) is 0 Å². The number of nitrogens with zero attached hydrogens (tertiary/aromatic N) is 4. The normalized spacial score (nSPS) is 13.2. The SMILES string of the molecule is CCCCNc1cccc(-c2nc(Nc3ccc4[nH]ncc4c3)c3cc(OCCN4CCCC4=O)c(OC)cc3n2)c1. The van der Waals surface area contributed by atoms with E-state index in [-0.39, 0.29) is 5.91 Å². The lowest BCUT2D eigenvalue weighted by Gasteiger charge is -2.18. The molecule has 1 aliphatic heterocycles. The van der Waals surface area contributed by atoms with E-state index < -0.39 is 0 Å². The van der Waals surface area contributed by atoms with E-state index in [0.717, 1.165) is 71.1 Å². The first-order valence-electron chi connectivity index (χ1n) is 14.5. The first kappa shape index (κ1) is 27.3. The number of hydrogen-bond acceptors (Lipinski definition) is 8. The molecule has 2 aromatic heterocycles. The molecule has 0 aliphatic carbocycles. The van der Waals surface area contributed by atoms with Crippen LogP contribution in [0.25, 0.3) is 33.2 Å². The molecule has 0 bridgehead atoms. The van der Waals surface area contributed by atoms with Crippen molar-refractivity contribution in [1.29, 1.82) is 0 Å². The quantitative estimate of drug-likeness (QED) is 0.155. The summed E-state index contributed by atoms with van der Waals surface area (Å²) < 4.78 is 11.9. The van der Waals surface area contributed by atoms with E-state index in [2.05, 4.69) is 39.9 Å². The predicted octanol–water partition coefficient (Wildman–Crippen LogP) is 6.14. The van der Waals surface area contributed by atoms with Crippen LogP contribution in [0.5, 0.6) is 11.5 Å². The van der Waals surface area contributed by atoms with E-state index in [0.29, 0.717) is 42.7 Å². The molecule has 10 heteroatoms. The van der Waals surface area contributed by atoms with Crippen LogP contribution in [-0.2, 0) is 4.79 Å². The van der Waals surface area contributed by atoms with Gasteiger partial charge in [-0.3, -0.25) is 9.89 Å². The van der Waals surface area contributed by atoms with Crippen LogP contribution >= 0.6 is 0 Å². The molecule has 0 spiro atoms. The van der Waals surface area contributed by atoms with Crippen molar-refractivity contribution in [2.75, 3.05) is 44.0 Å². The van der Waals surface area contributed by atoms with Gasteiger partial charge in [-0.25, -0.2) is 9.97 Å². The number of carbonyl (C=O) groups excluding carboxylic acids is 1. The Labute approximate surface area is 244 Å². The molecule has 0 radical (unpaired) electrons. The highest BCUT2D eigenvalue weighted by atomic mass is 16.5. The average Bonchev–Trinajstić information content (AvgIpc) is 3.65. The van der Waals surface area contributed by atoms with E-state index in [9.17, 15) is 4.79 Å². The van der Waals surface area contributed by atoms with Gasteiger partial charge in [-0.1, -0.05) is 25.5 Å². The molecular weight excluding hydrogens is 530 g/mol. The Kier molecular flexibility index (Phi) is 8.02. The molecule has 1 aliphatic rings. The molecule has 6 rings (SSSR count). The smallest absolute Gasteiger partial charge is 0.222 e. The van der Waals surface area contributed by atoms with Gasteiger partial charge in [0, 0.05) is 53.3 Å². The van der Waals surface area contributed by atoms with Gasteiger partial charge in [-0.05, 0) is 49.2 Å². The Hall–Kier alpha value is -4.86. The Morgan fingerprint density at radius 1 is 1.05 bits per heavy atom. The van der Waals surface area contributed by atoms with Crippen molar-refractivity contribution in [1.82, 2.24) is 25.1 Å². The van der Waals surface area contributed by atoms with E-state index >= 15 is 0 Å². The summed E-state index contributed by atoms with van der Waals surface area (Å²) in [7, 11) is 1.62. The number of methoxy groups -OCH3 is 1. The summed E-state index contributed by atoms with van der Waals surface area (Å²) >= 11 is 0. The monoisotopic (exact) mass is 565 g/mol. The van der Waals surface area contributed by atoms with Crippen LogP contribution in [0.2, 0.25) is 0 Å². The fourth-order valence-electron chi connectivity index (χ4n) is 5.17. The maximum absolute atomic E-state index is 12.0. The zero-order valence-corrected chi connectivity index (χ0v) is 23.9. The van der Waals surface area contributed by atoms with Crippen molar-refractivity contribution >= 4 is 44.9 Å². The van der Waals surface area contributed by atoms with Gasteiger partial charge < -0.3 is 25.0 Å². The summed E-state index contributed by atoms with van der Waals surface area (Å²) in [5.74, 6) is 2.56. The van der Waals surface area contributed by atoms with Crippen molar-refractivity contribution < 1.29 is 14.3 Å². The average molecular weight is 566 g/mol. The maximum atomic E-state index is 12.0. The van der Waals surface area contributed by atoms with Crippen molar-refractivity contribution in [2.45, 2.75) is 32.6 Å². The molecule has 5 aromatic rings. The van der Waals surface area contributed by atoms with Gasteiger partial charge in [-0.2, -0.15) is 5.10 Å². The lowest BCUT2D eigenvalue weighted by Crippen LogP contribution is -2.29. The van der Waals surface area contributed by atoms with E-state index in [1.54, 1.807) is 13.3 Å². The molecule has 3 aromatic carbocycles. The van der Waals surface area contributed by atoms with Gasteiger partial charge in [0.05, 0.1) is 30.9 Å². The Morgan fingerprint density at radius 2 is 1.98 bits per heavy atom. The highest BCUT2D eigenvalue weighted by Gasteiger charge is 2.20. The van der Waals surface area contributed by atoms with E-state index in [1.807, 2.05) is 47.4 Å². The zero-order chi connectivity index (χ0) is 28.9. The molecule has 0 unspecified atom stereocenters. The van der Waals surface area contributed by atoms with Gasteiger partial charge in [0.1, 0.15) is 12.4 Å². The van der Waals surface area contributed by atoms with Crippen LogP contribution in [0.1, 0.15) is 32.6 Å². The fourth-order valence-corrected chi connectivity index (χ4v) is 5.17. The van der Waals surface area contributed by atoms with Crippen molar-refractivity contribution in [3.8, 4) is 22.9 Å². The Bertz CT molecular complexity index is 1720. The third-order valence-corrected chi connectivity index (χ3v) is 7.45. The van der Waals surface area contributed by atoms with Gasteiger partial charge >= 0.3 is 0 Å². The number of carbonyl (C=O) groups is 1. The first-order valence-corrected chi connectivity index (χ1v) is 14.5. The third-order valence-electron chi connectivity index (χ3n) is 7.45. The number of likely N-dealkylation sites (tertiary alicyclic amines) is 1. The minimum atomic E-state index is 0.177. The van der Waals surface area contributed by atoms with Gasteiger partial charge in [0.15, 0.2) is 17.3 Å². The number of hydrogen-bond donors (Lipinski definition) is 3. The number of aromatic nitrogens is 4. The standard InChI is InChI=1S/C32H35N7O3/c1-3-4-12-33-23-8-5-7-21(16-23)31-36-27-19-28(41-2)29(42-15-14-39-13-6-9-30(39)40)18-25(27)32(37-31)35-24-10-11-26-22(17-24)20-34-38-26/h5,7-8,10-11,16-20,33H,3-4,6,9,12-15H2,1-2H3,(H,34,38)(H,35,36,37). The molecular formula is C32H35N7O3. The van der Waals surface area contributed by atoms with Crippen LogP contribution < -0.4 is 20.1 Å². The molecule has 1 fully saturated rings. The minimum absolute atomic E-state index is 0.177. The first-order chi connectivity index (χ1) is 20.6. The van der Waals surface area contributed by atoms with Gasteiger partial charge in [0.25, 0.3) is 0 Å². The largest absolute Gasteiger partial charge is 0.493 e. The Balaban J connectivity index is 1.37. The number of aromatic amines is 1. The number of benzene rings is 3. The topological polar surface area (TPSA) is 117 Å². The molecule has 3 heterocycles. The summed E-state index contributed by atoms with van der Waals surface area (Å²) in [4.78, 5) is 23.8. The number of nitrogens with one attached hydrogen (secondary N) is 3. The molecule has 216 valence electrons. The number of anilines is 3. The van der Waals surface area contributed by atoms with Crippen LogP contribution in [0.15, 0.2) is 60.8 Å². The predicted molar refractivity (Wildman–Crippen MR) is 166 cm³/mol. The van der Waals surface area contributed by atoms with Crippen LogP contribution in [0.3, 0.4) is 0 Å². The van der Waals surface area contributed by atoms with Crippen LogP contribution in [0.4, 0.5) is 17.2 Å². The molecule has 10 nitrogen and oxygen atoms in total. The molecule has 3 N–H and O–H groups in total. The molecule has 42 heavy (non-hydrogen) atoms. The van der Waals surface area contributed by atoms with Crippen molar-refractivity contribution in [3.05, 3.63) is 60.8 Å². The molecule has 1 amide bonds. The van der Waals surface area contributed by atoms with E-state index in [4.69, 9.17) is 19.4 Å². The highest BCUT2D eigenvalue weighted by molar-refractivity contribution is 5.95. The Morgan fingerprint density at radius 3 is 2.81 bits per heavy atom. The number of ether oxygens (including phenoxy) is 2. The third kappa shape index (κ3) is 5.93. The summed E-state index contributed by atoms with van der Waals surface area (Å²) in [5, 5.41) is 15.9. The van der Waals surface area contributed by atoms with E-state index in [1.165, 1.54) is 0 Å². The number of unbranched alkanes of at least 4 members (excludes halogenated alkanes) is 1. The number of amides is 1. The van der Waals surface area contributed by atoms with Crippen LogP contribution in [-0.4, -0.2) is 64.3 Å². The second-order valence-corrected chi connectivity index (χ2v) is 10.4. The summed E-state index contributed by atoms with van der Waals surface area (Å²) in [5.41, 5.74) is 4.48. The van der Waals surface area contributed by atoms with Crippen LogP contribution in [0, 0.1) is 0 Å². The second kappa shape index (κ2) is 12.3. The lowest BCUT2D eigenvalue weighted by atomic mass is 10.1. The molecule has 0 atom stereocenters. The molecule has 1 saturated heterocycles.